The number of benzene rings is 1. The van der Waals surface area contributed by atoms with Gasteiger partial charge in [-0.2, -0.15) is 9.57 Å². The minimum absolute atomic E-state index is 0.336. The van der Waals surface area contributed by atoms with E-state index in [-0.39, 0.29) is 5.91 Å². The Bertz CT molecular complexity index is 646. The predicted octanol–water partition coefficient (Wildman–Crippen LogP) is 0.921. The summed E-state index contributed by atoms with van der Waals surface area (Å²) >= 11 is 0. The zero-order valence-corrected chi connectivity index (χ0v) is 11.9. The standard InChI is InChI=1S/C13H15N3O3S/c1-20(18,19)16-8-2-3-12(16)13(17)15-11-6-4-10(9-14)5-7-11/h4-7,12H,2-3,8H2,1H3,(H,15,17). The quantitative estimate of drug-likeness (QED) is 0.897. The number of nitrogens with zero attached hydrogens (tertiary/aromatic N) is 2. The van der Waals surface area contributed by atoms with Crippen LogP contribution in [0.1, 0.15) is 18.4 Å². The second-order valence-electron chi connectivity index (χ2n) is 4.71. The third kappa shape index (κ3) is 3.15. The van der Waals surface area contributed by atoms with Crippen LogP contribution in [0.4, 0.5) is 5.69 Å². The fraction of sp³-hybridized carbons (Fsp3) is 0.385. The lowest BCUT2D eigenvalue weighted by atomic mass is 10.2. The van der Waals surface area contributed by atoms with Crippen LogP contribution in [-0.4, -0.2) is 37.5 Å². The van der Waals surface area contributed by atoms with Gasteiger partial charge in [-0.3, -0.25) is 4.79 Å². The van der Waals surface area contributed by atoms with Gasteiger partial charge in [0.2, 0.25) is 15.9 Å². The van der Waals surface area contributed by atoms with Gasteiger partial charge in [0.25, 0.3) is 0 Å². The van der Waals surface area contributed by atoms with Crippen LogP contribution in [0.5, 0.6) is 0 Å². The summed E-state index contributed by atoms with van der Waals surface area (Å²) in [5.41, 5.74) is 1.05. The van der Waals surface area contributed by atoms with Gasteiger partial charge in [0.15, 0.2) is 0 Å². The Morgan fingerprint density at radius 1 is 1.40 bits per heavy atom. The van der Waals surface area contributed by atoms with Crippen molar-refractivity contribution >= 4 is 21.6 Å². The summed E-state index contributed by atoms with van der Waals surface area (Å²) in [6.45, 7) is 0.379. The maximum Gasteiger partial charge on any atom is 0.242 e. The van der Waals surface area contributed by atoms with Crippen LogP contribution in [0.25, 0.3) is 0 Å². The highest BCUT2D eigenvalue weighted by Gasteiger charge is 2.36. The van der Waals surface area contributed by atoms with Crippen LogP contribution in [0.2, 0.25) is 0 Å². The van der Waals surface area contributed by atoms with Crippen molar-refractivity contribution in [2.75, 3.05) is 18.1 Å². The number of hydrogen-bond donors (Lipinski definition) is 1. The summed E-state index contributed by atoms with van der Waals surface area (Å²) in [6, 6.07) is 7.77. The molecule has 6 nitrogen and oxygen atoms in total. The van der Waals surface area contributed by atoms with Crippen molar-refractivity contribution in [1.29, 1.82) is 5.26 Å². The van der Waals surface area contributed by atoms with Crippen LogP contribution >= 0.6 is 0 Å². The van der Waals surface area contributed by atoms with Crippen LogP contribution in [0.15, 0.2) is 24.3 Å². The van der Waals surface area contributed by atoms with Gasteiger partial charge in [-0.25, -0.2) is 8.42 Å². The molecule has 1 aliphatic rings. The van der Waals surface area contributed by atoms with Gasteiger partial charge < -0.3 is 5.32 Å². The summed E-state index contributed by atoms with van der Waals surface area (Å²) in [5, 5.41) is 11.4. The summed E-state index contributed by atoms with van der Waals surface area (Å²) in [5.74, 6) is -0.336. The van der Waals surface area contributed by atoms with Gasteiger partial charge in [0.1, 0.15) is 6.04 Å². The Balaban J connectivity index is 2.09. The summed E-state index contributed by atoms with van der Waals surface area (Å²) in [7, 11) is -3.37. The molecule has 1 saturated heterocycles. The molecule has 0 saturated carbocycles. The number of amides is 1. The van der Waals surface area contributed by atoms with Crippen LogP contribution in [0.3, 0.4) is 0 Å². The minimum Gasteiger partial charge on any atom is -0.325 e. The van der Waals surface area contributed by atoms with E-state index < -0.39 is 16.1 Å². The first-order chi connectivity index (χ1) is 9.41. The Labute approximate surface area is 118 Å². The van der Waals surface area contributed by atoms with E-state index in [0.717, 1.165) is 6.26 Å². The fourth-order valence-electron chi connectivity index (χ4n) is 2.25. The van der Waals surface area contributed by atoms with Gasteiger partial charge in [-0.15, -0.1) is 0 Å². The molecule has 7 heteroatoms. The van der Waals surface area contributed by atoms with Crippen molar-refractivity contribution < 1.29 is 13.2 Å². The number of nitrogens with one attached hydrogen (secondary N) is 1. The molecule has 1 N–H and O–H groups in total. The van der Waals surface area contributed by atoms with Gasteiger partial charge in [0.05, 0.1) is 17.9 Å². The normalized spacial score (nSPS) is 19.5. The van der Waals surface area contributed by atoms with E-state index in [4.69, 9.17) is 5.26 Å². The highest BCUT2D eigenvalue weighted by Crippen LogP contribution is 2.22. The largest absolute Gasteiger partial charge is 0.325 e. The number of anilines is 1. The first kappa shape index (κ1) is 14.5. The monoisotopic (exact) mass is 293 g/mol. The second-order valence-corrected chi connectivity index (χ2v) is 6.65. The smallest absolute Gasteiger partial charge is 0.242 e. The number of rotatable bonds is 3. The molecule has 1 fully saturated rings. The van der Waals surface area contributed by atoms with Crippen molar-refractivity contribution in [3.63, 3.8) is 0 Å². The molecule has 1 aromatic rings. The average molecular weight is 293 g/mol. The van der Waals surface area contributed by atoms with E-state index in [2.05, 4.69) is 5.32 Å². The van der Waals surface area contributed by atoms with E-state index >= 15 is 0 Å². The first-order valence-corrected chi connectivity index (χ1v) is 8.04. The topological polar surface area (TPSA) is 90.3 Å². The summed E-state index contributed by atoms with van der Waals surface area (Å²) in [4.78, 5) is 12.1. The number of carbonyl (C=O) groups excluding carboxylic acids is 1. The van der Waals surface area contributed by atoms with E-state index in [1.54, 1.807) is 24.3 Å². The Morgan fingerprint density at radius 2 is 2.05 bits per heavy atom. The van der Waals surface area contributed by atoms with Gasteiger partial charge in [-0.05, 0) is 37.1 Å². The number of carbonyl (C=O) groups is 1. The molecule has 0 aliphatic carbocycles. The molecule has 0 spiro atoms. The SMILES string of the molecule is CS(=O)(=O)N1CCCC1C(=O)Nc1ccc(C#N)cc1. The lowest BCUT2D eigenvalue weighted by Crippen LogP contribution is -2.42. The zero-order valence-electron chi connectivity index (χ0n) is 11.0. The molecule has 1 amide bonds. The van der Waals surface area contributed by atoms with Gasteiger partial charge in [0, 0.05) is 12.2 Å². The van der Waals surface area contributed by atoms with Crippen LogP contribution < -0.4 is 5.32 Å². The second kappa shape index (κ2) is 5.61. The van der Waals surface area contributed by atoms with Crippen LogP contribution in [-0.2, 0) is 14.8 Å². The van der Waals surface area contributed by atoms with Crippen molar-refractivity contribution in [2.24, 2.45) is 0 Å². The van der Waals surface area contributed by atoms with E-state index in [9.17, 15) is 13.2 Å². The van der Waals surface area contributed by atoms with Crippen molar-refractivity contribution in [1.82, 2.24) is 4.31 Å². The Kier molecular flexibility index (Phi) is 4.06. The van der Waals surface area contributed by atoms with E-state index in [0.29, 0.717) is 30.6 Å². The predicted molar refractivity (Wildman–Crippen MR) is 74.4 cm³/mol. The third-order valence-electron chi connectivity index (χ3n) is 3.21. The number of nitriles is 1. The maximum atomic E-state index is 12.1. The molecule has 1 aliphatic heterocycles. The van der Waals surface area contributed by atoms with Crippen molar-refractivity contribution in [2.45, 2.75) is 18.9 Å². The third-order valence-corrected chi connectivity index (χ3v) is 4.50. The minimum atomic E-state index is -3.37. The molecular formula is C13H15N3O3S. The fourth-order valence-corrected chi connectivity index (χ4v) is 3.38. The zero-order chi connectivity index (χ0) is 14.8. The van der Waals surface area contributed by atoms with Gasteiger partial charge in [-0.1, -0.05) is 0 Å². The number of hydrogen-bond acceptors (Lipinski definition) is 4. The maximum absolute atomic E-state index is 12.1. The molecule has 1 heterocycles. The molecule has 1 aromatic carbocycles. The van der Waals surface area contributed by atoms with Crippen molar-refractivity contribution in [3.05, 3.63) is 29.8 Å². The molecule has 2 rings (SSSR count). The van der Waals surface area contributed by atoms with Gasteiger partial charge >= 0.3 is 0 Å². The van der Waals surface area contributed by atoms with E-state index in [1.165, 1.54) is 4.31 Å². The molecule has 106 valence electrons. The molecule has 20 heavy (non-hydrogen) atoms. The van der Waals surface area contributed by atoms with E-state index in [1.807, 2.05) is 6.07 Å². The Morgan fingerprint density at radius 3 is 2.60 bits per heavy atom. The molecule has 1 unspecified atom stereocenters. The number of sulfonamides is 1. The lowest BCUT2D eigenvalue weighted by molar-refractivity contribution is -0.119. The molecule has 0 aromatic heterocycles. The van der Waals surface area contributed by atoms with Crippen LogP contribution in [0, 0.1) is 11.3 Å². The summed E-state index contributed by atoms with van der Waals surface area (Å²) in [6.07, 6.45) is 2.31. The summed E-state index contributed by atoms with van der Waals surface area (Å²) < 4.78 is 24.4. The van der Waals surface area contributed by atoms with Crippen molar-refractivity contribution in [3.8, 4) is 6.07 Å². The molecule has 0 radical (unpaired) electrons. The average Bonchev–Trinajstić information content (AvgIpc) is 2.89. The lowest BCUT2D eigenvalue weighted by Gasteiger charge is -2.21. The molecular weight excluding hydrogens is 278 g/mol. The first-order valence-electron chi connectivity index (χ1n) is 6.19. The highest BCUT2D eigenvalue weighted by atomic mass is 32.2. The Hall–Kier alpha value is -1.91. The highest BCUT2D eigenvalue weighted by molar-refractivity contribution is 7.88. The molecule has 1 atom stereocenters. The molecule has 0 bridgehead atoms.